The Bertz CT molecular complexity index is 868. The Morgan fingerprint density at radius 2 is 0.961 bits per heavy atom. The van der Waals surface area contributed by atoms with E-state index in [0.29, 0.717) is 12.8 Å². The molecule has 3 N–H and O–H groups in total. The number of rotatable bonds is 39. The summed E-state index contributed by atoms with van der Waals surface area (Å²) in [6.45, 7) is 2.37. The summed E-state index contributed by atoms with van der Waals surface area (Å²) in [6.07, 6.45) is 33.2. The smallest absolute Gasteiger partial charge is 0.462 e. The van der Waals surface area contributed by atoms with Gasteiger partial charge in [0.2, 0.25) is 0 Å². The largest absolute Gasteiger partial charge is 0.472 e. The summed E-state index contributed by atoms with van der Waals surface area (Å²) in [5.74, 6) is -0.927. The van der Waals surface area contributed by atoms with Gasteiger partial charge in [0.05, 0.1) is 19.8 Å². The minimum atomic E-state index is -4.61. The molecular formula is C40H77O10P. The second-order valence-electron chi connectivity index (χ2n) is 14.0. The maximum Gasteiger partial charge on any atom is 0.472 e. The zero-order chi connectivity index (χ0) is 37.7. The number of hydrogen-bond donors (Lipinski definition) is 3. The predicted molar refractivity (Wildman–Crippen MR) is 205 cm³/mol. The van der Waals surface area contributed by atoms with Gasteiger partial charge in [0.15, 0.2) is 6.10 Å². The summed E-state index contributed by atoms with van der Waals surface area (Å²) in [4.78, 5) is 34.9. The molecule has 0 heterocycles. The maximum absolute atomic E-state index is 12.6. The molecule has 0 aliphatic rings. The van der Waals surface area contributed by atoms with Crippen LogP contribution in [0.2, 0.25) is 0 Å². The van der Waals surface area contributed by atoms with Gasteiger partial charge >= 0.3 is 19.8 Å². The van der Waals surface area contributed by atoms with Crippen LogP contribution in [-0.2, 0) is 32.7 Å². The van der Waals surface area contributed by atoms with Crippen LogP contribution in [0.5, 0.6) is 0 Å². The van der Waals surface area contributed by atoms with E-state index in [4.69, 9.17) is 19.1 Å². The Morgan fingerprint density at radius 3 is 1.41 bits per heavy atom. The van der Waals surface area contributed by atoms with Crippen molar-refractivity contribution in [3.63, 3.8) is 0 Å². The van der Waals surface area contributed by atoms with Crippen molar-refractivity contribution in [2.24, 2.45) is 0 Å². The second-order valence-corrected chi connectivity index (χ2v) is 15.5. The van der Waals surface area contributed by atoms with E-state index in [1.54, 1.807) is 0 Å². The lowest BCUT2D eigenvalue weighted by Crippen LogP contribution is -2.29. The third-order valence-corrected chi connectivity index (χ3v) is 9.87. The van der Waals surface area contributed by atoms with Gasteiger partial charge in [-0.3, -0.25) is 18.6 Å². The lowest BCUT2D eigenvalue weighted by molar-refractivity contribution is -0.161. The fourth-order valence-corrected chi connectivity index (χ4v) is 6.48. The van der Waals surface area contributed by atoms with Gasteiger partial charge in [-0.2, -0.15) is 0 Å². The van der Waals surface area contributed by atoms with Crippen molar-refractivity contribution in [3.8, 4) is 0 Å². The van der Waals surface area contributed by atoms with Crippen LogP contribution in [0.1, 0.15) is 194 Å². The molecule has 0 fully saturated rings. The summed E-state index contributed by atoms with van der Waals surface area (Å²) in [5.41, 5.74) is 0. The number of carbonyl (C=O) groups excluding carboxylic acids is 2. The normalized spacial score (nSPS) is 14.1. The van der Waals surface area contributed by atoms with E-state index in [-0.39, 0.29) is 19.4 Å². The number of phosphoric ester groups is 1. The summed E-state index contributed by atoms with van der Waals surface area (Å²) in [5, 5.41) is 18.3. The number of unbranched alkanes of at least 4 members (excludes halogenated alkanes) is 23. The van der Waals surface area contributed by atoms with Crippen LogP contribution in [0.25, 0.3) is 0 Å². The molecule has 51 heavy (non-hydrogen) atoms. The molecule has 11 heteroatoms. The van der Waals surface area contributed by atoms with Gasteiger partial charge in [0.1, 0.15) is 12.7 Å². The van der Waals surface area contributed by atoms with Gasteiger partial charge in [-0.1, -0.05) is 154 Å². The van der Waals surface area contributed by atoms with Crippen LogP contribution in [0.15, 0.2) is 12.2 Å². The first-order valence-corrected chi connectivity index (χ1v) is 22.1. The summed E-state index contributed by atoms with van der Waals surface area (Å²) >= 11 is 0. The monoisotopic (exact) mass is 749 g/mol. The van der Waals surface area contributed by atoms with Gasteiger partial charge in [-0.15, -0.1) is 0 Å². The number of aliphatic hydroxyl groups excluding tert-OH is 2. The van der Waals surface area contributed by atoms with E-state index in [0.717, 1.165) is 57.8 Å². The molecule has 0 aliphatic heterocycles. The van der Waals surface area contributed by atoms with Gasteiger partial charge in [0.25, 0.3) is 0 Å². The molecule has 0 amide bonds. The molecule has 10 nitrogen and oxygen atoms in total. The van der Waals surface area contributed by atoms with Crippen LogP contribution in [0.4, 0.5) is 0 Å². The molecular weight excluding hydrogens is 671 g/mol. The highest BCUT2D eigenvalue weighted by molar-refractivity contribution is 7.47. The summed E-state index contributed by atoms with van der Waals surface area (Å²) < 4.78 is 32.6. The number of esters is 2. The Hall–Kier alpha value is -1.29. The molecule has 0 aromatic rings. The fourth-order valence-electron chi connectivity index (χ4n) is 5.69. The zero-order valence-electron chi connectivity index (χ0n) is 32.6. The van der Waals surface area contributed by atoms with Gasteiger partial charge < -0.3 is 24.6 Å². The Balaban J connectivity index is 4.32. The molecule has 0 saturated heterocycles. The van der Waals surface area contributed by atoms with Crippen LogP contribution in [0, 0.1) is 0 Å². The van der Waals surface area contributed by atoms with E-state index in [9.17, 15) is 24.2 Å². The van der Waals surface area contributed by atoms with E-state index >= 15 is 0 Å². The number of allylic oxidation sites excluding steroid dienone is 2. The van der Waals surface area contributed by atoms with Gasteiger partial charge in [-0.05, 0) is 38.5 Å². The van der Waals surface area contributed by atoms with E-state index in [1.807, 2.05) is 0 Å². The minimum absolute atomic E-state index is 0.178. The van der Waals surface area contributed by atoms with Gasteiger partial charge in [-0.25, -0.2) is 4.57 Å². The molecule has 0 aliphatic carbocycles. The van der Waals surface area contributed by atoms with Crippen LogP contribution < -0.4 is 0 Å². The minimum Gasteiger partial charge on any atom is -0.462 e. The van der Waals surface area contributed by atoms with Crippen molar-refractivity contribution in [2.75, 3.05) is 26.4 Å². The average molecular weight is 749 g/mol. The molecule has 0 bridgehead atoms. The molecule has 0 rings (SSSR count). The summed E-state index contributed by atoms with van der Waals surface area (Å²) in [7, 11) is -4.61. The lowest BCUT2D eigenvalue weighted by atomic mass is 10.0. The number of ether oxygens (including phenoxy) is 2. The van der Waals surface area contributed by atoms with E-state index in [2.05, 4.69) is 30.5 Å². The predicted octanol–water partition coefficient (Wildman–Crippen LogP) is 10.4. The first-order chi connectivity index (χ1) is 24.7. The van der Waals surface area contributed by atoms with Gasteiger partial charge in [0, 0.05) is 12.8 Å². The van der Waals surface area contributed by atoms with E-state index in [1.165, 1.54) is 96.3 Å². The zero-order valence-corrected chi connectivity index (χ0v) is 33.5. The highest BCUT2D eigenvalue weighted by Gasteiger charge is 2.27. The quantitative estimate of drug-likeness (QED) is 0.0240. The first kappa shape index (κ1) is 49.7. The molecule has 0 aromatic carbocycles. The fraction of sp³-hybridized carbons (Fsp3) is 0.900. The topological polar surface area (TPSA) is 149 Å². The average Bonchev–Trinajstić information content (AvgIpc) is 3.12. The second kappa shape index (κ2) is 37.0. The molecule has 0 aromatic heterocycles. The van der Waals surface area contributed by atoms with Crippen molar-refractivity contribution in [1.29, 1.82) is 0 Å². The Kier molecular flexibility index (Phi) is 36.1. The maximum atomic E-state index is 12.6. The highest BCUT2D eigenvalue weighted by Crippen LogP contribution is 2.43. The number of carbonyl (C=O) groups is 2. The molecule has 3 unspecified atom stereocenters. The van der Waals surface area contributed by atoms with E-state index < -0.39 is 51.8 Å². The molecule has 0 spiro atoms. The Morgan fingerprint density at radius 1 is 0.569 bits per heavy atom. The molecule has 3 atom stereocenters. The number of phosphoric acid groups is 1. The molecule has 0 saturated carbocycles. The summed E-state index contributed by atoms with van der Waals surface area (Å²) in [6, 6.07) is 0. The van der Waals surface area contributed by atoms with Crippen molar-refractivity contribution in [2.45, 2.75) is 206 Å². The number of hydrogen-bond acceptors (Lipinski definition) is 9. The third-order valence-electron chi connectivity index (χ3n) is 8.92. The number of aliphatic hydroxyl groups is 2. The van der Waals surface area contributed by atoms with Crippen molar-refractivity contribution < 1.29 is 47.8 Å². The van der Waals surface area contributed by atoms with Crippen molar-refractivity contribution >= 4 is 19.8 Å². The van der Waals surface area contributed by atoms with Crippen LogP contribution in [0.3, 0.4) is 0 Å². The van der Waals surface area contributed by atoms with Crippen molar-refractivity contribution in [3.05, 3.63) is 12.2 Å². The lowest BCUT2D eigenvalue weighted by Gasteiger charge is -2.20. The van der Waals surface area contributed by atoms with Crippen LogP contribution in [-0.4, -0.2) is 65.7 Å². The molecule has 302 valence electrons. The first-order valence-electron chi connectivity index (χ1n) is 20.6. The third kappa shape index (κ3) is 36.8. The highest BCUT2D eigenvalue weighted by atomic mass is 31.2. The van der Waals surface area contributed by atoms with Crippen LogP contribution >= 0.6 is 7.82 Å². The standard InChI is InChI=1S/C40H77O10P/c1-3-5-7-9-11-13-15-17-18-20-22-24-26-28-30-32-40(44)50-38(36-49-51(45,46)48-34-37(42)33-41)35-47-39(43)31-29-27-25-23-21-19-16-14-12-10-8-6-4-2/h17-18,37-38,41-42H,3-16,19-36H2,1-2H3,(H,45,46)/b18-17+. The molecule has 0 radical (unpaired) electrons. The Labute approximate surface area is 311 Å². The SMILES string of the molecule is CCCCCCCC/C=C/CCCCCCCC(=O)OC(COC(=O)CCCCCCCCCCCCCCC)COP(=O)(O)OCC(O)CO. The van der Waals surface area contributed by atoms with Crippen molar-refractivity contribution in [1.82, 2.24) is 0 Å².